The first-order chi connectivity index (χ1) is 27.9. The quantitative estimate of drug-likeness (QED) is 0.0447. The van der Waals surface area contributed by atoms with Gasteiger partial charge in [0.15, 0.2) is 0 Å². The largest absolute Gasteiger partial charge is 0.398 e. The third kappa shape index (κ3) is 7.79. The third-order valence-corrected chi connectivity index (χ3v) is 12.1. The Kier molecular flexibility index (Phi) is 11.2. The van der Waals surface area contributed by atoms with E-state index < -0.39 is 0 Å². The lowest BCUT2D eigenvalue weighted by Crippen LogP contribution is -2.41. The van der Waals surface area contributed by atoms with Crippen molar-refractivity contribution in [2.24, 2.45) is 4.99 Å². The van der Waals surface area contributed by atoms with Gasteiger partial charge in [-0.3, -0.25) is 0 Å². The summed E-state index contributed by atoms with van der Waals surface area (Å²) in [6.07, 6.45) is 8.68. The van der Waals surface area contributed by atoms with Crippen LogP contribution in [0.5, 0.6) is 0 Å². The third-order valence-electron chi connectivity index (χ3n) is 11.0. The summed E-state index contributed by atoms with van der Waals surface area (Å²) in [7, 11) is 0. The van der Waals surface area contributed by atoms with Crippen LogP contribution in [-0.2, 0) is 0 Å². The average molecular weight is 852 g/mol. The van der Waals surface area contributed by atoms with Crippen molar-refractivity contribution in [1.29, 1.82) is 0 Å². The van der Waals surface area contributed by atoms with E-state index in [0.717, 1.165) is 123 Å². The van der Waals surface area contributed by atoms with Crippen molar-refractivity contribution >= 4 is 108 Å². The molecule has 0 saturated carbocycles. The van der Waals surface area contributed by atoms with Gasteiger partial charge in [0, 0.05) is 64.1 Å². The highest BCUT2D eigenvalue weighted by atomic mass is 35.5. The molecule has 1 aliphatic carbocycles. The number of anilines is 5. The SMILES string of the molecule is CC1=CC2=Nc3cc(C)c(N)cc3N(c3ccc(Cl)cc3Cl)C2C=C1NCCCCCCNc1cc2c(cc1C)nc1cc(C)c(N)cc1[n+]2-c1ccc(Cl)cc1Cl. The van der Waals surface area contributed by atoms with Gasteiger partial charge < -0.3 is 27.0 Å². The number of allylic oxidation sites excluding steroid dienone is 1. The molecule has 58 heavy (non-hydrogen) atoms. The molecule has 6 N–H and O–H groups in total. The minimum atomic E-state index is -0.168. The monoisotopic (exact) mass is 849 g/mol. The zero-order valence-corrected chi connectivity index (χ0v) is 35.9. The highest BCUT2D eigenvalue weighted by Gasteiger charge is 2.34. The van der Waals surface area contributed by atoms with E-state index >= 15 is 0 Å². The van der Waals surface area contributed by atoms with Gasteiger partial charge in [0.2, 0.25) is 16.7 Å². The Balaban J connectivity index is 0.925. The van der Waals surface area contributed by atoms with Crippen molar-refractivity contribution in [2.75, 3.05) is 34.8 Å². The lowest BCUT2D eigenvalue weighted by Gasteiger charge is -2.39. The summed E-state index contributed by atoms with van der Waals surface area (Å²) in [5, 5.41) is 9.68. The van der Waals surface area contributed by atoms with Crippen LogP contribution in [0.4, 0.5) is 34.1 Å². The molecule has 0 amide bonds. The molecule has 2 heterocycles. The maximum Gasteiger partial charge on any atom is 0.239 e. The van der Waals surface area contributed by atoms with Crippen molar-refractivity contribution < 1.29 is 4.57 Å². The number of unbranched alkanes of at least 4 members (excludes halogenated alkanes) is 3. The van der Waals surface area contributed by atoms with Crippen molar-refractivity contribution in [3.63, 3.8) is 0 Å². The van der Waals surface area contributed by atoms with Crippen LogP contribution in [0.3, 0.4) is 0 Å². The van der Waals surface area contributed by atoms with Gasteiger partial charge in [0.05, 0.1) is 33.8 Å². The van der Waals surface area contributed by atoms with Crippen molar-refractivity contribution in [2.45, 2.75) is 59.4 Å². The molecule has 8 nitrogen and oxygen atoms in total. The zero-order chi connectivity index (χ0) is 40.8. The van der Waals surface area contributed by atoms with Crippen LogP contribution in [0, 0.1) is 20.8 Å². The van der Waals surface area contributed by atoms with Crippen LogP contribution in [0.2, 0.25) is 20.1 Å². The first-order valence-electron chi connectivity index (χ1n) is 19.5. The number of aromatic nitrogens is 2. The number of nitrogen functional groups attached to an aromatic ring is 2. The molecule has 1 unspecified atom stereocenters. The van der Waals surface area contributed by atoms with E-state index in [1.54, 1.807) is 12.1 Å². The fourth-order valence-electron chi connectivity index (χ4n) is 7.83. The lowest BCUT2D eigenvalue weighted by molar-refractivity contribution is -0.538. The molecule has 0 fully saturated rings. The summed E-state index contributed by atoms with van der Waals surface area (Å²) in [4.78, 5) is 12.3. The Morgan fingerprint density at radius 3 is 2.03 bits per heavy atom. The number of aryl methyl sites for hydroxylation is 3. The Morgan fingerprint density at radius 1 is 0.672 bits per heavy atom. The lowest BCUT2D eigenvalue weighted by atomic mass is 9.93. The van der Waals surface area contributed by atoms with E-state index in [-0.39, 0.29) is 6.04 Å². The first kappa shape index (κ1) is 39.8. The number of fused-ring (bicyclic) bond motifs is 4. The molecule has 1 aliphatic heterocycles. The Morgan fingerprint density at radius 2 is 1.31 bits per heavy atom. The van der Waals surface area contributed by atoms with Gasteiger partial charge in [-0.2, -0.15) is 0 Å². The van der Waals surface area contributed by atoms with E-state index in [9.17, 15) is 0 Å². The number of nitrogens with two attached hydrogens (primary N) is 2. The average Bonchev–Trinajstić information content (AvgIpc) is 3.17. The number of benzene rings is 5. The summed E-state index contributed by atoms with van der Waals surface area (Å²) in [5.74, 6) is 0. The summed E-state index contributed by atoms with van der Waals surface area (Å²) in [6.45, 7) is 9.94. The summed E-state index contributed by atoms with van der Waals surface area (Å²) in [6, 6.07) is 23.3. The summed E-state index contributed by atoms with van der Waals surface area (Å²) in [5.41, 5.74) is 28.5. The molecule has 0 spiro atoms. The molecular weight excluding hydrogens is 806 g/mol. The van der Waals surface area contributed by atoms with E-state index in [2.05, 4.69) is 58.2 Å². The maximum absolute atomic E-state index is 6.81. The molecule has 0 bridgehead atoms. The van der Waals surface area contributed by atoms with Crippen molar-refractivity contribution in [1.82, 2.24) is 10.3 Å². The molecule has 2 aliphatic rings. The van der Waals surface area contributed by atoms with Crippen LogP contribution in [-0.4, -0.2) is 29.8 Å². The number of hydrogen-bond acceptors (Lipinski definition) is 7. The van der Waals surface area contributed by atoms with Crippen LogP contribution >= 0.6 is 46.4 Å². The van der Waals surface area contributed by atoms with Gasteiger partial charge in [-0.25, -0.2) is 9.98 Å². The highest BCUT2D eigenvalue weighted by Crippen LogP contribution is 2.46. The summed E-state index contributed by atoms with van der Waals surface area (Å²) >= 11 is 26.2. The molecule has 0 saturated heterocycles. The van der Waals surface area contributed by atoms with E-state index in [1.807, 2.05) is 62.4 Å². The van der Waals surface area contributed by atoms with Crippen LogP contribution in [0.25, 0.3) is 27.8 Å². The standard InChI is InChI=1S/C46H44Cl4N8/c1-25-15-37-43(21-33(25)51)57(41-11-9-29(47)19-31(41)49)45-23-35(27(3)17-39(45)55-37)53-13-7-5-6-8-14-54-36-24-46-40(18-28(36)4)56-38-16-26(2)34(52)22-44(38)58(46)42-12-10-30(48)20-32(42)50/h9-12,15-24,45,53H,5-8,13-14,51H2,1-4H3,(H2,52,54)/p+1. The van der Waals surface area contributed by atoms with Gasteiger partial charge in [-0.1, -0.05) is 59.2 Å². The normalized spacial score (nSPS) is 14.9. The predicted octanol–water partition coefficient (Wildman–Crippen LogP) is 12.1. The maximum atomic E-state index is 6.81. The number of aliphatic imine (C=N–C) groups is 1. The predicted molar refractivity (Wildman–Crippen MR) is 247 cm³/mol. The molecule has 296 valence electrons. The van der Waals surface area contributed by atoms with Gasteiger partial charge in [0.25, 0.3) is 0 Å². The zero-order valence-electron chi connectivity index (χ0n) is 32.9. The minimum Gasteiger partial charge on any atom is -0.398 e. The fraction of sp³-hybridized carbons (Fsp3) is 0.239. The van der Waals surface area contributed by atoms with E-state index in [1.165, 1.54) is 0 Å². The van der Waals surface area contributed by atoms with Gasteiger partial charge >= 0.3 is 0 Å². The molecule has 5 aromatic carbocycles. The van der Waals surface area contributed by atoms with Crippen LogP contribution in [0.15, 0.2) is 101 Å². The second-order valence-electron chi connectivity index (χ2n) is 15.2. The molecular formula is C46H45Cl4N8+. The van der Waals surface area contributed by atoms with Gasteiger partial charge in [0.1, 0.15) is 16.1 Å². The second-order valence-corrected chi connectivity index (χ2v) is 16.9. The molecule has 1 aromatic heterocycles. The number of nitrogens with zero attached hydrogens (tertiary/aromatic N) is 4. The van der Waals surface area contributed by atoms with Gasteiger partial charge in [-0.05, 0) is 130 Å². The molecule has 1 atom stereocenters. The van der Waals surface area contributed by atoms with Crippen molar-refractivity contribution in [3.8, 4) is 5.69 Å². The number of rotatable bonds is 11. The summed E-state index contributed by atoms with van der Waals surface area (Å²) < 4.78 is 2.13. The Bertz CT molecular complexity index is 2720. The van der Waals surface area contributed by atoms with Crippen LogP contribution < -0.4 is 31.6 Å². The minimum absolute atomic E-state index is 0.168. The highest BCUT2D eigenvalue weighted by molar-refractivity contribution is 6.37. The smallest absolute Gasteiger partial charge is 0.239 e. The van der Waals surface area contributed by atoms with E-state index in [0.29, 0.717) is 31.5 Å². The molecule has 8 rings (SSSR count). The number of hydrogen-bond donors (Lipinski definition) is 4. The van der Waals surface area contributed by atoms with Gasteiger partial charge in [-0.15, -0.1) is 4.57 Å². The topological polar surface area (TPSA) is 108 Å². The Hall–Kier alpha value is -4.99. The Labute approximate surface area is 359 Å². The number of nitrogens with one attached hydrogen (secondary N) is 2. The molecule has 12 heteroatoms. The van der Waals surface area contributed by atoms with Crippen LogP contribution in [0.1, 0.15) is 49.3 Å². The van der Waals surface area contributed by atoms with E-state index in [4.69, 9.17) is 67.8 Å². The molecule has 0 radical (unpaired) electrons. The second kappa shape index (κ2) is 16.3. The number of halogens is 4. The van der Waals surface area contributed by atoms with Crippen molar-refractivity contribution in [3.05, 3.63) is 133 Å². The molecule has 6 aromatic rings. The first-order valence-corrected chi connectivity index (χ1v) is 21.0. The fourth-order valence-corrected chi connectivity index (χ4v) is 8.82.